The van der Waals surface area contributed by atoms with Gasteiger partial charge in [-0.25, -0.2) is 0 Å². The lowest BCUT2D eigenvalue weighted by Gasteiger charge is -2.17. The van der Waals surface area contributed by atoms with Crippen molar-refractivity contribution < 1.29 is 19.4 Å². The number of benzene rings is 1. The molecule has 0 aromatic heterocycles. The summed E-state index contributed by atoms with van der Waals surface area (Å²) >= 11 is 3.34. The smallest absolute Gasteiger partial charge is 0.307 e. The number of hydrogen-bond acceptors (Lipinski definition) is 3. The van der Waals surface area contributed by atoms with Crippen LogP contribution < -0.4 is 10.1 Å². The molecule has 1 aromatic carbocycles. The molecule has 3 atom stereocenters. The Kier molecular flexibility index (Phi) is 4.88. The summed E-state index contributed by atoms with van der Waals surface area (Å²) in [5.41, 5.74) is 0.542. The monoisotopic (exact) mass is 355 g/mol. The van der Waals surface area contributed by atoms with E-state index in [4.69, 9.17) is 4.74 Å². The summed E-state index contributed by atoms with van der Waals surface area (Å²) in [6.07, 6.45) is 1.14. The molecule has 1 fully saturated rings. The lowest BCUT2D eigenvalue weighted by atomic mass is 9.95. The van der Waals surface area contributed by atoms with Crippen molar-refractivity contribution in [2.75, 3.05) is 12.4 Å². The molecule has 5 nitrogen and oxygen atoms in total. The van der Waals surface area contributed by atoms with Crippen LogP contribution in [0.3, 0.4) is 0 Å². The first-order valence-electron chi connectivity index (χ1n) is 6.79. The maximum atomic E-state index is 12.4. The van der Waals surface area contributed by atoms with Crippen LogP contribution in [0.4, 0.5) is 5.69 Å². The molecular weight excluding hydrogens is 338 g/mol. The maximum absolute atomic E-state index is 12.4. The van der Waals surface area contributed by atoms with E-state index in [2.05, 4.69) is 21.2 Å². The Bertz CT molecular complexity index is 561. The first kappa shape index (κ1) is 15.8. The van der Waals surface area contributed by atoms with E-state index in [-0.39, 0.29) is 11.8 Å². The zero-order chi connectivity index (χ0) is 15.6. The van der Waals surface area contributed by atoms with Gasteiger partial charge < -0.3 is 15.2 Å². The molecule has 21 heavy (non-hydrogen) atoms. The number of hydrogen-bond donors (Lipinski definition) is 2. The number of nitrogens with one attached hydrogen (secondary N) is 1. The number of rotatable bonds is 4. The predicted molar refractivity (Wildman–Crippen MR) is 82.3 cm³/mol. The average molecular weight is 356 g/mol. The Morgan fingerprint density at radius 3 is 2.62 bits per heavy atom. The lowest BCUT2D eigenvalue weighted by Crippen LogP contribution is -2.30. The average Bonchev–Trinajstić information content (AvgIpc) is 2.81. The van der Waals surface area contributed by atoms with Gasteiger partial charge in [-0.2, -0.15) is 0 Å². The molecule has 1 aromatic rings. The second-order valence-corrected chi connectivity index (χ2v) is 6.38. The first-order chi connectivity index (χ1) is 9.92. The van der Waals surface area contributed by atoms with Crippen LogP contribution in [0.1, 0.15) is 19.8 Å². The van der Waals surface area contributed by atoms with Gasteiger partial charge in [-0.3, -0.25) is 9.59 Å². The van der Waals surface area contributed by atoms with E-state index in [1.807, 2.05) is 13.0 Å². The van der Waals surface area contributed by atoms with E-state index in [1.54, 1.807) is 12.1 Å². The minimum Gasteiger partial charge on any atom is -0.495 e. The third-order valence-electron chi connectivity index (χ3n) is 3.87. The van der Waals surface area contributed by atoms with Crippen LogP contribution in [0.2, 0.25) is 0 Å². The van der Waals surface area contributed by atoms with Crippen LogP contribution in [0, 0.1) is 17.8 Å². The summed E-state index contributed by atoms with van der Waals surface area (Å²) in [7, 11) is 1.52. The van der Waals surface area contributed by atoms with Crippen molar-refractivity contribution in [3.63, 3.8) is 0 Å². The number of methoxy groups -OCH3 is 1. The van der Waals surface area contributed by atoms with Crippen LogP contribution >= 0.6 is 15.9 Å². The van der Waals surface area contributed by atoms with Crippen LogP contribution in [0.5, 0.6) is 5.75 Å². The number of aliphatic carboxylic acids is 1. The molecule has 6 heteroatoms. The lowest BCUT2D eigenvalue weighted by molar-refractivity contribution is -0.145. The van der Waals surface area contributed by atoms with Gasteiger partial charge in [0, 0.05) is 4.47 Å². The van der Waals surface area contributed by atoms with Crippen molar-refractivity contribution >= 4 is 33.5 Å². The highest BCUT2D eigenvalue weighted by Crippen LogP contribution is 2.38. The Morgan fingerprint density at radius 2 is 2.00 bits per heavy atom. The SMILES string of the molecule is COc1ccc(Br)cc1NC(=O)C1CC(C)CC1C(=O)O. The Labute approximate surface area is 131 Å². The molecule has 0 heterocycles. The Morgan fingerprint density at radius 1 is 1.33 bits per heavy atom. The van der Waals surface area contributed by atoms with E-state index in [0.717, 1.165) is 4.47 Å². The molecule has 0 spiro atoms. The molecule has 0 saturated heterocycles. The minimum absolute atomic E-state index is 0.242. The second-order valence-electron chi connectivity index (χ2n) is 5.46. The molecule has 1 aliphatic rings. The maximum Gasteiger partial charge on any atom is 0.307 e. The fourth-order valence-electron chi connectivity index (χ4n) is 2.86. The zero-order valence-corrected chi connectivity index (χ0v) is 13.5. The van der Waals surface area contributed by atoms with Gasteiger partial charge in [-0.05, 0) is 37.0 Å². The molecule has 0 radical (unpaired) electrons. The fourth-order valence-corrected chi connectivity index (χ4v) is 3.22. The summed E-state index contributed by atoms with van der Waals surface area (Å²) < 4.78 is 6.02. The fraction of sp³-hybridized carbons (Fsp3) is 0.467. The van der Waals surface area contributed by atoms with Gasteiger partial charge in [0.2, 0.25) is 5.91 Å². The molecule has 1 aliphatic carbocycles. The zero-order valence-electron chi connectivity index (χ0n) is 11.9. The summed E-state index contributed by atoms with van der Waals surface area (Å²) in [4.78, 5) is 23.7. The molecule has 114 valence electrons. The molecule has 1 saturated carbocycles. The summed E-state index contributed by atoms with van der Waals surface area (Å²) in [5.74, 6) is -1.49. The molecule has 2 rings (SSSR count). The number of carbonyl (C=O) groups is 2. The number of ether oxygens (including phenoxy) is 1. The molecule has 0 aliphatic heterocycles. The van der Waals surface area contributed by atoms with Gasteiger partial charge in [-0.15, -0.1) is 0 Å². The van der Waals surface area contributed by atoms with Crippen LogP contribution in [-0.4, -0.2) is 24.1 Å². The molecule has 3 unspecified atom stereocenters. The third-order valence-corrected chi connectivity index (χ3v) is 4.36. The standard InChI is InChI=1S/C15H18BrNO4/c1-8-5-10(11(6-8)15(19)20)14(18)17-12-7-9(16)3-4-13(12)21-2/h3-4,7-8,10-11H,5-6H2,1-2H3,(H,17,18)(H,19,20). The topological polar surface area (TPSA) is 75.6 Å². The van der Waals surface area contributed by atoms with Crippen molar-refractivity contribution in [3.8, 4) is 5.75 Å². The van der Waals surface area contributed by atoms with Crippen LogP contribution in [0.15, 0.2) is 22.7 Å². The van der Waals surface area contributed by atoms with Gasteiger partial charge in [0.05, 0.1) is 24.6 Å². The number of carbonyl (C=O) groups excluding carboxylic acids is 1. The van der Waals surface area contributed by atoms with Crippen LogP contribution in [0.25, 0.3) is 0 Å². The minimum atomic E-state index is -0.902. The molecule has 2 N–H and O–H groups in total. The highest BCUT2D eigenvalue weighted by molar-refractivity contribution is 9.10. The summed E-state index contributed by atoms with van der Waals surface area (Å²) in [6, 6.07) is 5.29. The highest BCUT2D eigenvalue weighted by atomic mass is 79.9. The van der Waals surface area contributed by atoms with Crippen molar-refractivity contribution in [1.29, 1.82) is 0 Å². The van der Waals surface area contributed by atoms with E-state index < -0.39 is 17.8 Å². The second kappa shape index (κ2) is 6.47. The van der Waals surface area contributed by atoms with Crippen molar-refractivity contribution in [1.82, 2.24) is 0 Å². The van der Waals surface area contributed by atoms with E-state index in [1.165, 1.54) is 7.11 Å². The largest absolute Gasteiger partial charge is 0.495 e. The van der Waals surface area contributed by atoms with Gasteiger partial charge in [0.1, 0.15) is 5.75 Å². The predicted octanol–water partition coefficient (Wildman–Crippen LogP) is 3.14. The number of anilines is 1. The third kappa shape index (κ3) is 3.56. The van der Waals surface area contributed by atoms with Crippen molar-refractivity contribution in [2.45, 2.75) is 19.8 Å². The van der Waals surface area contributed by atoms with Gasteiger partial charge in [0.15, 0.2) is 0 Å². The Balaban J connectivity index is 2.18. The normalized spacial score (nSPS) is 24.6. The number of carboxylic acids is 1. The first-order valence-corrected chi connectivity index (χ1v) is 7.59. The number of carboxylic acid groups (broad SMARTS) is 1. The van der Waals surface area contributed by atoms with E-state index in [9.17, 15) is 14.7 Å². The van der Waals surface area contributed by atoms with Crippen molar-refractivity contribution in [2.24, 2.45) is 17.8 Å². The van der Waals surface area contributed by atoms with Crippen LogP contribution in [-0.2, 0) is 9.59 Å². The van der Waals surface area contributed by atoms with Gasteiger partial charge >= 0.3 is 5.97 Å². The number of halogens is 1. The van der Waals surface area contributed by atoms with Gasteiger partial charge in [0.25, 0.3) is 0 Å². The molecular formula is C15H18BrNO4. The van der Waals surface area contributed by atoms with Gasteiger partial charge in [-0.1, -0.05) is 22.9 Å². The van der Waals surface area contributed by atoms with E-state index >= 15 is 0 Å². The number of amides is 1. The molecule has 1 amide bonds. The highest BCUT2D eigenvalue weighted by Gasteiger charge is 2.41. The molecule has 0 bridgehead atoms. The van der Waals surface area contributed by atoms with E-state index in [0.29, 0.717) is 24.3 Å². The van der Waals surface area contributed by atoms with Crippen molar-refractivity contribution in [3.05, 3.63) is 22.7 Å². The Hall–Kier alpha value is -1.56. The quantitative estimate of drug-likeness (QED) is 0.869. The summed E-state index contributed by atoms with van der Waals surface area (Å²) in [5, 5.41) is 12.0. The summed E-state index contributed by atoms with van der Waals surface area (Å²) in [6.45, 7) is 1.98.